The number of hydrogen-bond donors (Lipinski definition) is 2. The second-order valence-corrected chi connectivity index (χ2v) is 5.76. The molecule has 0 unspecified atom stereocenters. The van der Waals surface area contributed by atoms with Crippen LogP contribution in [-0.2, 0) is 4.79 Å². The van der Waals surface area contributed by atoms with E-state index in [1.807, 2.05) is 24.3 Å². The molecule has 1 saturated carbocycles. The van der Waals surface area contributed by atoms with Crippen LogP contribution >= 0.6 is 0 Å². The minimum absolute atomic E-state index is 0.0409. The lowest BCUT2D eigenvalue weighted by atomic mass is 10.2. The minimum atomic E-state index is 0.0409. The molecule has 1 fully saturated rings. The van der Waals surface area contributed by atoms with E-state index in [-0.39, 0.29) is 5.91 Å². The summed E-state index contributed by atoms with van der Waals surface area (Å²) < 4.78 is 5.65. The average Bonchev–Trinajstić information content (AvgIpc) is 3.21. The van der Waals surface area contributed by atoms with Gasteiger partial charge in [-0.25, -0.2) is 0 Å². The topological polar surface area (TPSA) is 50.4 Å². The van der Waals surface area contributed by atoms with Gasteiger partial charge in [-0.05, 0) is 30.9 Å². The predicted octanol–water partition coefficient (Wildman–Crippen LogP) is 2.80. The number of ether oxygens (including phenoxy) is 1. The minimum Gasteiger partial charge on any atom is -0.493 e. The van der Waals surface area contributed by atoms with Crippen molar-refractivity contribution in [2.24, 2.45) is 5.92 Å². The molecule has 1 aromatic rings. The standard InChI is InChI=1S/C16H24N2O2/c1-12(2)11-20-15-5-3-4-14(10-15)18-16(19)8-9-17-13-6-7-13/h3-5,10,12-13,17H,6-9,11H2,1-2H3,(H,18,19). The molecule has 1 aromatic carbocycles. The van der Waals surface area contributed by atoms with Crippen molar-refractivity contribution in [3.05, 3.63) is 24.3 Å². The molecule has 4 nitrogen and oxygen atoms in total. The van der Waals surface area contributed by atoms with Crippen molar-refractivity contribution in [2.75, 3.05) is 18.5 Å². The summed E-state index contributed by atoms with van der Waals surface area (Å²) in [5.41, 5.74) is 0.794. The van der Waals surface area contributed by atoms with E-state index in [0.717, 1.165) is 18.0 Å². The van der Waals surface area contributed by atoms with Gasteiger partial charge in [-0.1, -0.05) is 19.9 Å². The number of carbonyl (C=O) groups is 1. The Kier molecular flexibility index (Phi) is 5.41. The van der Waals surface area contributed by atoms with E-state index in [2.05, 4.69) is 24.5 Å². The molecule has 1 amide bonds. The molecule has 0 aliphatic heterocycles. The largest absolute Gasteiger partial charge is 0.493 e. The second-order valence-electron chi connectivity index (χ2n) is 5.76. The Morgan fingerprint density at radius 1 is 1.40 bits per heavy atom. The number of benzene rings is 1. The first kappa shape index (κ1) is 14.9. The third kappa shape index (κ3) is 5.61. The molecule has 4 heteroatoms. The number of carbonyl (C=O) groups excluding carboxylic acids is 1. The van der Waals surface area contributed by atoms with E-state index in [1.165, 1.54) is 12.8 Å². The van der Waals surface area contributed by atoms with Crippen molar-refractivity contribution in [1.29, 1.82) is 0 Å². The van der Waals surface area contributed by atoms with Gasteiger partial charge in [-0.3, -0.25) is 4.79 Å². The van der Waals surface area contributed by atoms with Gasteiger partial charge in [-0.15, -0.1) is 0 Å². The van der Waals surface area contributed by atoms with Gasteiger partial charge in [0, 0.05) is 30.8 Å². The van der Waals surface area contributed by atoms with Gasteiger partial charge in [0.05, 0.1) is 6.61 Å². The highest BCUT2D eigenvalue weighted by atomic mass is 16.5. The summed E-state index contributed by atoms with van der Waals surface area (Å²) in [5, 5.41) is 6.24. The van der Waals surface area contributed by atoms with Crippen LogP contribution in [0.2, 0.25) is 0 Å². The van der Waals surface area contributed by atoms with Crippen LogP contribution in [-0.4, -0.2) is 25.1 Å². The Hall–Kier alpha value is -1.55. The van der Waals surface area contributed by atoms with Crippen LogP contribution in [0.1, 0.15) is 33.1 Å². The van der Waals surface area contributed by atoms with Crippen LogP contribution in [0, 0.1) is 5.92 Å². The van der Waals surface area contributed by atoms with Crippen LogP contribution in [0.4, 0.5) is 5.69 Å². The first-order valence-electron chi connectivity index (χ1n) is 7.39. The van der Waals surface area contributed by atoms with Gasteiger partial charge < -0.3 is 15.4 Å². The third-order valence-corrected chi connectivity index (χ3v) is 3.06. The highest BCUT2D eigenvalue weighted by Crippen LogP contribution is 2.19. The van der Waals surface area contributed by atoms with Crippen molar-refractivity contribution in [1.82, 2.24) is 5.32 Å². The smallest absolute Gasteiger partial charge is 0.225 e. The Balaban J connectivity index is 1.75. The lowest BCUT2D eigenvalue weighted by Crippen LogP contribution is -2.23. The van der Waals surface area contributed by atoms with Crippen molar-refractivity contribution < 1.29 is 9.53 Å². The van der Waals surface area contributed by atoms with Gasteiger partial charge in [0.15, 0.2) is 0 Å². The number of anilines is 1. The normalized spacial score (nSPS) is 14.3. The van der Waals surface area contributed by atoms with Crippen molar-refractivity contribution >= 4 is 11.6 Å². The van der Waals surface area contributed by atoms with Crippen LogP contribution < -0.4 is 15.4 Å². The highest BCUT2D eigenvalue weighted by Gasteiger charge is 2.20. The molecule has 110 valence electrons. The summed E-state index contributed by atoms with van der Waals surface area (Å²) in [4.78, 5) is 11.8. The summed E-state index contributed by atoms with van der Waals surface area (Å²) >= 11 is 0. The fourth-order valence-corrected chi connectivity index (χ4v) is 1.83. The zero-order chi connectivity index (χ0) is 14.4. The molecule has 0 saturated heterocycles. The third-order valence-electron chi connectivity index (χ3n) is 3.06. The molecule has 0 aromatic heterocycles. The van der Waals surface area contributed by atoms with E-state index >= 15 is 0 Å². The lowest BCUT2D eigenvalue weighted by Gasteiger charge is -2.11. The number of rotatable bonds is 8. The first-order valence-corrected chi connectivity index (χ1v) is 7.39. The average molecular weight is 276 g/mol. The van der Waals surface area contributed by atoms with Crippen molar-refractivity contribution in [3.8, 4) is 5.75 Å². The first-order chi connectivity index (χ1) is 9.63. The highest BCUT2D eigenvalue weighted by molar-refractivity contribution is 5.91. The molecular weight excluding hydrogens is 252 g/mol. The van der Waals surface area contributed by atoms with Crippen LogP contribution in [0.5, 0.6) is 5.75 Å². The number of amides is 1. The molecule has 20 heavy (non-hydrogen) atoms. The second kappa shape index (κ2) is 7.29. The molecule has 1 aliphatic carbocycles. The maximum atomic E-state index is 11.8. The van der Waals surface area contributed by atoms with Crippen LogP contribution in [0.3, 0.4) is 0 Å². The molecule has 0 atom stereocenters. The Bertz CT molecular complexity index is 442. The number of nitrogens with one attached hydrogen (secondary N) is 2. The van der Waals surface area contributed by atoms with Gasteiger partial charge >= 0.3 is 0 Å². The zero-order valence-electron chi connectivity index (χ0n) is 12.3. The molecule has 0 radical (unpaired) electrons. The molecule has 0 spiro atoms. The summed E-state index contributed by atoms with van der Waals surface area (Å²) in [5.74, 6) is 1.33. The van der Waals surface area contributed by atoms with Crippen LogP contribution in [0.15, 0.2) is 24.3 Å². The van der Waals surface area contributed by atoms with E-state index in [4.69, 9.17) is 4.74 Å². The molecule has 2 rings (SSSR count). The van der Waals surface area contributed by atoms with E-state index in [9.17, 15) is 4.79 Å². The molecular formula is C16H24N2O2. The van der Waals surface area contributed by atoms with Gasteiger partial charge in [0.2, 0.25) is 5.91 Å². The molecule has 0 heterocycles. The lowest BCUT2D eigenvalue weighted by molar-refractivity contribution is -0.116. The van der Waals surface area contributed by atoms with Crippen molar-refractivity contribution in [2.45, 2.75) is 39.2 Å². The summed E-state index contributed by atoms with van der Waals surface area (Å²) in [6.45, 7) is 5.65. The SMILES string of the molecule is CC(C)COc1cccc(NC(=O)CCNC2CC2)c1. The summed E-state index contributed by atoms with van der Waals surface area (Å²) in [6.07, 6.45) is 3.00. The number of hydrogen-bond acceptors (Lipinski definition) is 3. The maximum absolute atomic E-state index is 11.8. The Morgan fingerprint density at radius 2 is 2.20 bits per heavy atom. The van der Waals surface area contributed by atoms with Gasteiger partial charge in [-0.2, -0.15) is 0 Å². The van der Waals surface area contributed by atoms with Crippen molar-refractivity contribution in [3.63, 3.8) is 0 Å². The Labute approximate surface area is 120 Å². The summed E-state index contributed by atoms with van der Waals surface area (Å²) in [6, 6.07) is 8.21. The Morgan fingerprint density at radius 3 is 2.90 bits per heavy atom. The maximum Gasteiger partial charge on any atom is 0.225 e. The predicted molar refractivity (Wildman–Crippen MR) is 81.0 cm³/mol. The van der Waals surface area contributed by atoms with Gasteiger partial charge in [0.1, 0.15) is 5.75 Å². The van der Waals surface area contributed by atoms with Crippen LogP contribution in [0.25, 0.3) is 0 Å². The van der Waals surface area contributed by atoms with E-state index in [0.29, 0.717) is 25.0 Å². The fourth-order valence-electron chi connectivity index (χ4n) is 1.83. The zero-order valence-corrected chi connectivity index (χ0v) is 12.3. The molecule has 0 bridgehead atoms. The van der Waals surface area contributed by atoms with Gasteiger partial charge in [0.25, 0.3) is 0 Å². The van der Waals surface area contributed by atoms with E-state index in [1.54, 1.807) is 0 Å². The quantitative estimate of drug-likeness (QED) is 0.767. The molecule has 2 N–H and O–H groups in total. The summed E-state index contributed by atoms with van der Waals surface area (Å²) in [7, 11) is 0. The van der Waals surface area contributed by atoms with E-state index < -0.39 is 0 Å². The monoisotopic (exact) mass is 276 g/mol. The molecule has 1 aliphatic rings. The fraction of sp³-hybridized carbons (Fsp3) is 0.562.